The van der Waals surface area contributed by atoms with Gasteiger partial charge >= 0.3 is 11.9 Å². The average Bonchev–Trinajstić information content (AvgIpc) is 2.57. The van der Waals surface area contributed by atoms with Gasteiger partial charge in [0.1, 0.15) is 12.2 Å². The fourth-order valence-corrected chi connectivity index (χ4v) is 6.27. The first-order chi connectivity index (χ1) is 14.6. The van der Waals surface area contributed by atoms with E-state index in [-0.39, 0.29) is 58.9 Å². The number of esters is 2. The second-order valence-electron chi connectivity index (χ2n) is 12.1. The zero-order valence-corrected chi connectivity index (χ0v) is 22.6. The van der Waals surface area contributed by atoms with E-state index in [1.165, 1.54) is 0 Å². The lowest BCUT2D eigenvalue weighted by atomic mass is 9.64. The molecule has 1 aliphatic heterocycles. The Morgan fingerprint density at radius 1 is 0.719 bits per heavy atom. The first kappa shape index (κ1) is 28.9. The van der Waals surface area contributed by atoms with Crippen molar-refractivity contribution in [3.8, 4) is 0 Å². The minimum Gasteiger partial charge on any atom is -0.462 e. The summed E-state index contributed by atoms with van der Waals surface area (Å²) in [6.07, 6.45) is 4.10. The standard InChI is InChI=1S/C24H43NO5.C2H6/c1-21(2)12-17(13-22(3,4)16-21)29-19(26)10-11-20(27)30-18-14-23(5,6)25(28-9)24(7,8)15-18;1-2/h17-18H,10-16H2,1-9H3;1-2H3. The molecular formula is C26H49NO5. The van der Waals surface area contributed by atoms with E-state index in [4.69, 9.17) is 14.3 Å². The van der Waals surface area contributed by atoms with E-state index in [9.17, 15) is 9.59 Å². The smallest absolute Gasteiger partial charge is 0.306 e. The third-order valence-electron chi connectivity index (χ3n) is 6.38. The van der Waals surface area contributed by atoms with Crippen LogP contribution in [0, 0.1) is 10.8 Å². The second-order valence-corrected chi connectivity index (χ2v) is 12.1. The Morgan fingerprint density at radius 3 is 1.41 bits per heavy atom. The summed E-state index contributed by atoms with van der Waals surface area (Å²) >= 11 is 0. The molecule has 0 aromatic carbocycles. The molecule has 1 heterocycles. The molecule has 0 unspecified atom stereocenters. The molecule has 0 amide bonds. The number of hydrogen-bond donors (Lipinski definition) is 0. The predicted octanol–water partition coefficient (Wildman–Crippen LogP) is 6.07. The molecule has 1 saturated heterocycles. The molecule has 1 aliphatic carbocycles. The molecule has 0 aromatic heterocycles. The maximum Gasteiger partial charge on any atom is 0.306 e. The van der Waals surface area contributed by atoms with Crippen LogP contribution < -0.4 is 0 Å². The van der Waals surface area contributed by atoms with Gasteiger partial charge in [-0.25, -0.2) is 0 Å². The molecule has 0 spiro atoms. The van der Waals surface area contributed by atoms with E-state index in [2.05, 4.69) is 55.4 Å². The quantitative estimate of drug-likeness (QED) is 0.453. The normalized spacial score (nSPS) is 24.7. The number of carbonyl (C=O) groups is 2. The van der Waals surface area contributed by atoms with Crippen LogP contribution in [-0.4, -0.2) is 47.4 Å². The van der Waals surface area contributed by atoms with Gasteiger partial charge in [0.05, 0.1) is 20.0 Å². The highest BCUT2D eigenvalue weighted by molar-refractivity contribution is 5.77. The van der Waals surface area contributed by atoms with Gasteiger partial charge in [-0.1, -0.05) is 41.5 Å². The summed E-state index contributed by atoms with van der Waals surface area (Å²) < 4.78 is 11.5. The molecule has 0 aromatic rings. The van der Waals surface area contributed by atoms with E-state index >= 15 is 0 Å². The Hall–Kier alpha value is -1.14. The van der Waals surface area contributed by atoms with Gasteiger partial charge in [-0.2, -0.15) is 5.06 Å². The molecule has 32 heavy (non-hydrogen) atoms. The highest BCUT2D eigenvalue weighted by Gasteiger charge is 2.47. The van der Waals surface area contributed by atoms with E-state index in [1.54, 1.807) is 7.11 Å². The van der Waals surface area contributed by atoms with Crippen molar-refractivity contribution in [2.75, 3.05) is 7.11 Å². The fourth-order valence-electron chi connectivity index (χ4n) is 6.27. The molecule has 2 fully saturated rings. The minimum absolute atomic E-state index is 0.0592. The average molecular weight is 456 g/mol. The summed E-state index contributed by atoms with van der Waals surface area (Å²) in [6, 6.07) is 0. The number of ether oxygens (including phenoxy) is 2. The van der Waals surface area contributed by atoms with Crippen LogP contribution in [0.4, 0.5) is 0 Å². The third kappa shape index (κ3) is 8.33. The molecule has 2 rings (SSSR count). The van der Waals surface area contributed by atoms with Crippen molar-refractivity contribution >= 4 is 11.9 Å². The van der Waals surface area contributed by atoms with Crippen LogP contribution in [0.15, 0.2) is 0 Å². The van der Waals surface area contributed by atoms with Crippen LogP contribution in [0.2, 0.25) is 0 Å². The Labute approximate surface area is 196 Å². The van der Waals surface area contributed by atoms with Gasteiger partial charge in [-0.15, -0.1) is 0 Å². The number of carbonyl (C=O) groups excluding carboxylic acids is 2. The van der Waals surface area contributed by atoms with Crippen LogP contribution in [0.1, 0.15) is 114 Å². The summed E-state index contributed by atoms with van der Waals surface area (Å²) in [7, 11) is 1.68. The summed E-state index contributed by atoms with van der Waals surface area (Å²) in [5, 5.41) is 1.98. The number of piperidine rings is 1. The molecule has 2 aliphatic rings. The number of rotatable bonds is 6. The van der Waals surface area contributed by atoms with Crippen LogP contribution >= 0.6 is 0 Å². The molecule has 0 atom stereocenters. The molecule has 6 heteroatoms. The molecule has 0 N–H and O–H groups in total. The Balaban J connectivity index is 0.00000249. The zero-order chi connectivity index (χ0) is 25.0. The van der Waals surface area contributed by atoms with Crippen molar-refractivity contribution < 1.29 is 23.9 Å². The van der Waals surface area contributed by atoms with Gasteiger partial charge in [0, 0.05) is 23.9 Å². The van der Waals surface area contributed by atoms with E-state index in [0.29, 0.717) is 12.8 Å². The molecular weight excluding hydrogens is 406 g/mol. The number of hydrogen-bond acceptors (Lipinski definition) is 6. The summed E-state index contributed by atoms with van der Waals surface area (Å²) in [6.45, 7) is 21.2. The molecule has 188 valence electrons. The van der Waals surface area contributed by atoms with Gasteiger partial charge in [-0.3, -0.25) is 9.59 Å². The van der Waals surface area contributed by atoms with Crippen molar-refractivity contribution in [1.29, 1.82) is 0 Å². The Bertz CT molecular complexity index is 604. The number of nitrogens with zero attached hydrogens (tertiary/aromatic N) is 1. The zero-order valence-electron chi connectivity index (χ0n) is 22.6. The third-order valence-corrected chi connectivity index (χ3v) is 6.38. The molecule has 6 nitrogen and oxygen atoms in total. The topological polar surface area (TPSA) is 65.1 Å². The van der Waals surface area contributed by atoms with Crippen LogP contribution in [0.5, 0.6) is 0 Å². The van der Waals surface area contributed by atoms with Crippen molar-refractivity contribution in [3.05, 3.63) is 0 Å². The highest BCUT2D eigenvalue weighted by Crippen LogP contribution is 2.46. The first-order valence-corrected chi connectivity index (χ1v) is 12.3. The van der Waals surface area contributed by atoms with E-state index in [1.807, 2.05) is 18.9 Å². The molecule has 1 saturated carbocycles. The van der Waals surface area contributed by atoms with Gasteiger partial charge in [0.25, 0.3) is 0 Å². The van der Waals surface area contributed by atoms with Gasteiger partial charge < -0.3 is 14.3 Å². The summed E-state index contributed by atoms with van der Waals surface area (Å²) in [5.74, 6) is -0.640. The van der Waals surface area contributed by atoms with Crippen LogP contribution in [0.3, 0.4) is 0 Å². The maximum atomic E-state index is 12.4. The molecule has 0 bridgehead atoms. The fraction of sp³-hybridized carbons (Fsp3) is 0.923. The maximum absolute atomic E-state index is 12.4. The highest BCUT2D eigenvalue weighted by atomic mass is 16.7. The summed E-state index contributed by atoms with van der Waals surface area (Å²) in [4.78, 5) is 30.4. The summed E-state index contributed by atoms with van der Waals surface area (Å²) in [5.41, 5.74) is -0.188. The molecule has 0 radical (unpaired) electrons. The lowest BCUT2D eigenvalue weighted by molar-refractivity contribution is -0.278. The lowest BCUT2D eigenvalue weighted by Crippen LogP contribution is -2.61. The Kier molecular flexibility index (Phi) is 9.80. The first-order valence-electron chi connectivity index (χ1n) is 12.3. The van der Waals surface area contributed by atoms with Crippen molar-refractivity contribution in [2.45, 2.75) is 137 Å². The monoisotopic (exact) mass is 455 g/mol. The van der Waals surface area contributed by atoms with Gasteiger partial charge in [0.15, 0.2) is 0 Å². The largest absolute Gasteiger partial charge is 0.462 e. The predicted molar refractivity (Wildman–Crippen MR) is 128 cm³/mol. The van der Waals surface area contributed by atoms with E-state index < -0.39 is 0 Å². The second kappa shape index (κ2) is 10.9. The van der Waals surface area contributed by atoms with Gasteiger partial charge in [-0.05, 0) is 57.8 Å². The number of hydroxylamine groups is 2. The van der Waals surface area contributed by atoms with Gasteiger partial charge in [0.2, 0.25) is 0 Å². The van der Waals surface area contributed by atoms with Crippen LogP contribution in [0.25, 0.3) is 0 Å². The van der Waals surface area contributed by atoms with E-state index in [0.717, 1.165) is 19.3 Å². The minimum atomic E-state index is -0.335. The SMILES string of the molecule is CC.CON1C(C)(C)CC(OC(=O)CCC(=O)OC2CC(C)(C)CC(C)(C)C2)CC1(C)C. The van der Waals surface area contributed by atoms with Crippen molar-refractivity contribution in [1.82, 2.24) is 5.06 Å². The lowest BCUT2D eigenvalue weighted by Gasteiger charge is -2.52. The van der Waals surface area contributed by atoms with Crippen LogP contribution in [-0.2, 0) is 23.9 Å². The van der Waals surface area contributed by atoms with Crippen molar-refractivity contribution in [2.24, 2.45) is 10.8 Å². The Morgan fingerprint density at radius 2 is 1.06 bits per heavy atom. The van der Waals surface area contributed by atoms with Crippen molar-refractivity contribution in [3.63, 3.8) is 0 Å².